The van der Waals surface area contributed by atoms with Crippen molar-refractivity contribution in [2.24, 2.45) is 0 Å². The quantitative estimate of drug-likeness (QED) is 0.699. The van der Waals surface area contributed by atoms with Gasteiger partial charge in [-0.25, -0.2) is 0 Å². The van der Waals surface area contributed by atoms with E-state index in [0.717, 1.165) is 31.9 Å². The minimum Gasteiger partial charge on any atom is -0.423 e. The molecule has 0 amide bonds. The number of morpholine rings is 1. The van der Waals surface area contributed by atoms with E-state index in [-0.39, 0.29) is 0 Å². The Balaban J connectivity index is 2.12. The van der Waals surface area contributed by atoms with Gasteiger partial charge in [0, 0.05) is 19.1 Å². The maximum Gasteiger partial charge on any atom is 0.488 e. The maximum atomic E-state index is 9.31. The first-order chi connectivity index (χ1) is 8.18. The Kier molecular flexibility index (Phi) is 4.18. The standard InChI is InChI=1S/C12H18BNO3/c1-10-9-17-7-6-14(10)8-11-4-2-3-5-12(11)13(15)16/h2-5,10,15-16H,6-9H2,1H3. The van der Waals surface area contributed by atoms with Crippen molar-refractivity contribution >= 4 is 12.6 Å². The summed E-state index contributed by atoms with van der Waals surface area (Å²) >= 11 is 0. The van der Waals surface area contributed by atoms with E-state index in [1.807, 2.05) is 18.2 Å². The molecule has 0 spiro atoms. The van der Waals surface area contributed by atoms with Gasteiger partial charge in [0.05, 0.1) is 13.2 Å². The van der Waals surface area contributed by atoms with Crippen LogP contribution in [0.15, 0.2) is 24.3 Å². The third-order valence-corrected chi connectivity index (χ3v) is 3.21. The topological polar surface area (TPSA) is 52.9 Å². The summed E-state index contributed by atoms with van der Waals surface area (Å²) in [5, 5.41) is 18.6. The lowest BCUT2D eigenvalue weighted by Gasteiger charge is -2.33. The van der Waals surface area contributed by atoms with Crippen molar-refractivity contribution in [3.63, 3.8) is 0 Å². The molecule has 2 rings (SSSR count). The molecule has 0 aromatic heterocycles. The van der Waals surface area contributed by atoms with Gasteiger partial charge in [-0.3, -0.25) is 4.90 Å². The summed E-state index contributed by atoms with van der Waals surface area (Å²) in [6, 6.07) is 7.81. The van der Waals surface area contributed by atoms with Gasteiger partial charge in [-0.2, -0.15) is 0 Å². The molecule has 1 aliphatic heterocycles. The Morgan fingerprint density at radius 1 is 1.41 bits per heavy atom. The van der Waals surface area contributed by atoms with Crippen LogP contribution in [0.1, 0.15) is 12.5 Å². The molecule has 0 saturated carbocycles. The van der Waals surface area contributed by atoms with Gasteiger partial charge in [-0.05, 0) is 17.9 Å². The minimum atomic E-state index is -1.40. The minimum absolute atomic E-state index is 0.368. The summed E-state index contributed by atoms with van der Waals surface area (Å²) in [5.41, 5.74) is 1.56. The van der Waals surface area contributed by atoms with Crippen LogP contribution in [0.4, 0.5) is 0 Å². The van der Waals surface area contributed by atoms with E-state index in [1.54, 1.807) is 6.07 Å². The Bertz CT molecular complexity index is 373. The molecular formula is C12H18BNO3. The van der Waals surface area contributed by atoms with Gasteiger partial charge >= 0.3 is 7.12 Å². The van der Waals surface area contributed by atoms with Crippen LogP contribution in [0.25, 0.3) is 0 Å². The number of nitrogens with zero attached hydrogens (tertiary/aromatic N) is 1. The van der Waals surface area contributed by atoms with Crippen LogP contribution < -0.4 is 5.46 Å². The summed E-state index contributed by atoms with van der Waals surface area (Å²) < 4.78 is 5.39. The second-order valence-electron chi connectivity index (χ2n) is 4.47. The first-order valence-corrected chi connectivity index (χ1v) is 5.94. The molecule has 0 radical (unpaired) electrons. The van der Waals surface area contributed by atoms with E-state index in [1.165, 1.54) is 0 Å². The molecule has 1 unspecified atom stereocenters. The lowest BCUT2D eigenvalue weighted by Crippen LogP contribution is -2.44. The maximum absolute atomic E-state index is 9.31. The van der Waals surface area contributed by atoms with Crippen molar-refractivity contribution in [1.29, 1.82) is 0 Å². The van der Waals surface area contributed by atoms with Crippen LogP contribution in [0, 0.1) is 0 Å². The van der Waals surface area contributed by atoms with Gasteiger partial charge in [0.25, 0.3) is 0 Å². The van der Waals surface area contributed by atoms with Crippen LogP contribution >= 0.6 is 0 Å². The Morgan fingerprint density at radius 3 is 2.88 bits per heavy atom. The third-order valence-electron chi connectivity index (χ3n) is 3.21. The van der Waals surface area contributed by atoms with Gasteiger partial charge in [-0.1, -0.05) is 24.3 Å². The highest BCUT2D eigenvalue weighted by Gasteiger charge is 2.22. The largest absolute Gasteiger partial charge is 0.488 e. The first kappa shape index (κ1) is 12.6. The van der Waals surface area contributed by atoms with Crippen molar-refractivity contribution in [3.05, 3.63) is 29.8 Å². The van der Waals surface area contributed by atoms with Gasteiger partial charge in [0.2, 0.25) is 0 Å². The second-order valence-corrected chi connectivity index (χ2v) is 4.47. The van der Waals surface area contributed by atoms with Crippen LogP contribution in [-0.2, 0) is 11.3 Å². The molecule has 4 nitrogen and oxygen atoms in total. The normalized spacial score (nSPS) is 21.5. The Hall–Kier alpha value is -0.875. The van der Waals surface area contributed by atoms with E-state index in [9.17, 15) is 10.0 Å². The monoisotopic (exact) mass is 235 g/mol. The van der Waals surface area contributed by atoms with E-state index in [4.69, 9.17) is 4.74 Å². The number of rotatable bonds is 3. The molecule has 1 aromatic carbocycles. The molecule has 1 aromatic rings. The second kappa shape index (κ2) is 5.64. The van der Waals surface area contributed by atoms with Crippen molar-refractivity contribution in [3.8, 4) is 0 Å². The van der Waals surface area contributed by atoms with E-state index < -0.39 is 7.12 Å². The van der Waals surface area contributed by atoms with Crippen LogP contribution in [0.2, 0.25) is 0 Å². The average molecular weight is 235 g/mol. The van der Waals surface area contributed by atoms with Crippen LogP contribution in [-0.4, -0.2) is 47.9 Å². The molecule has 1 saturated heterocycles. The van der Waals surface area contributed by atoms with E-state index in [0.29, 0.717) is 11.5 Å². The number of ether oxygens (including phenoxy) is 1. The fraction of sp³-hybridized carbons (Fsp3) is 0.500. The molecule has 0 bridgehead atoms. The lowest BCUT2D eigenvalue weighted by atomic mass is 9.77. The van der Waals surface area contributed by atoms with Gasteiger partial charge in [0.1, 0.15) is 0 Å². The summed E-state index contributed by atoms with van der Waals surface area (Å²) in [5.74, 6) is 0. The summed E-state index contributed by atoms with van der Waals surface area (Å²) in [4.78, 5) is 2.30. The Morgan fingerprint density at radius 2 is 2.18 bits per heavy atom. The van der Waals surface area contributed by atoms with E-state index in [2.05, 4.69) is 11.8 Å². The number of benzene rings is 1. The zero-order chi connectivity index (χ0) is 12.3. The van der Waals surface area contributed by atoms with E-state index >= 15 is 0 Å². The fourth-order valence-corrected chi connectivity index (χ4v) is 2.15. The zero-order valence-corrected chi connectivity index (χ0v) is 10.0. The number of hydrogen-bond donors (Lipinski definition) is 2. The van der Waals surface area contributed by atoms with Crippen LogP contribution in [0.5, 0.6) is 0 Å². The van der Waals surface area contributed by atoms with Crippen molar-refractivity contribution in [2.75, 3.05) is 19.8 Å². The van der Waals surface area contributed by atoms with Gasteiger partial charge in [-0.15, -0.1) is 0 Å². The molecule has 1 atom stereocenters. The highest BCUT2D eigenvalue weighted by Crippen LogP contribution is 2.11. The van der Waals surface area contributed by atoms with Crippen molar-refractivity contribution < 1.29 is 14.8 Å². The average Bonchev–Trinajstić information content (AvgIpc) is 2.32. The zero-order valence-electron chi connectivity index (χ0n) is 10.0. The van der Waals surface area contributed by atoms with Crippen LogP contribution in [0.3, 0.4) is 0 Å². The third kappa shape index (κ3) is 3.07. The molecule has 0 aliphatic carbocycles. The molecule has 1 heterocycles. The molecule has 17 heavy (non-hydrogen) atoms. The highest BCUT2D eigenvalue weighted by atomic mass is 16.5. The molecule has 1 aliphatic rings. The van der Waals surface area contributed by atoms with Gasteiger partial charge < -0.3 is 14.8 Å². The summed E-state index contributed by atoms with van der Waals surface area (Å²) in [6.45, 7) is 5.23. The SMILES string of the molecule is CC1COCCN1Cc1ccccc1B(O)O. The smallest absolute Gasteiger partial charge is 0.423 e. The molecule has 5 heteroatoms. The van der Waals surface area contributed by atoms with Crippen molar-refractivity contribution in [2.45, 2.75) is 19.5 Å². The molecule has 1 fully saturated rings. The summed E-state index contributed by atoms with van der Waals surface area (Å²) in [6.07, 6.45) is 0. The van der Waals surface area contributed by atoms with Gasteiger partial charge in [0.15, 0.2) is 0 Å². The number of hydrogen-bond acceptors (Lipinski definition) is 4. The lowest BCUT2D eigenvalue weighted by molar-refractivity contribution is -0.00426. The molecular weight excluding hydrogens is 217 g/mol. The fourth-order valence-electron chi connectivity index (χ4n) is 2.15. The summed E-state index contributed by atoms with van der Waals surface area (Å²) in [7, 11) is -1.40. The predicted molar refractivity (Wildman–Crippen MR) is 67.0 cm³/mol. The molecule has 92 valence electrons. The Labute approximate surface area is 102 Å². The molecule has 2 N–H and O–H groups in total. The first-order valence-electron chi connectivity index (χ1n) is 5.94. The van der Waals surface area contributed by atoms with Crippen molar-refractivity contribution in [1.82, 2.24) is 4.90 Å². The highest BCUT2D eigenvalue weighted by molar-refractivity contribution is 6.59. The predicted octanol–water partition coefficient (Wildman–Crippen LogP) is -0.413.